The molecule has 0 atom stereocenters. The fourth-order valence-corrected chi connectivity index (χ4v) is 2.54. The standard InChI is InChI=1S/C16H19N3.C2H6.Y/c1-13-18-11-5-4-6-16(18)12-19(13)15-9-7-14(8-10-15)17(2)3;1-2;/h4-11H,12H2,1-3H3;1-2H3;. The Bertz CT molecular complexity index is 581. The molecular weight excluding hydrogens is 347 g/mol. The molecule has 0 amide bonds. The minimum absolute atomic E-state index is 0. The molecule has 2 heterocycles. The molecule has 3 rings (SSSR count). The van der Waals surface area contributed by atoms with Crippen LogP contribution in [0, 0.1) is 6.17 Å². The molecule has 0 N–H and O–H groups in total. The molecule has 1 radical (unpaired) electrons. The van der Waals surface area contributed by atoms with E-state index in [2.05, 4.69) is 84.0 Å². The van der Waals surface area contributed by atoms with E-state index in [9.17, 15) is 0 Å². The maximum atomic E-state index is 2.34. The van der Waals surface area contributed by atoms with Crippen LogP contribution < -0.4 is 14.4 Å². The fourth-order valence-electron chi connectivity index (χ4n) is 2.54. The second-order valence-corrected chi connectivity index (χ2v) is 5.11. The smallest absolute Gasteiger partial charge is 0.154 e. The maximum absolute atomic E-state index is 2.34. The summed E-state index contributed by atoms with van der Waals surface area (Å²) in [6, 6.07) is 15.0. The number of benzene rings is 1. The molecule has 0 aliphatic carbocycles. The summed E-state index contributed by atoms with van der Waals surface area (Å²) in [4.78, 5) is 4.46. The minimum atomic E-state index is 0. The van der Waals surface area contributed by atoms with Gasteiger partial charge in [-0.2, -0.15) is 0 Å². The topological polar surface area (TPSA) is 10.4 Å². The van der Waals surface area contributed by atoms with Crippen LogP contribution in [0.4, 0.5) is 11.4 Å². The van der Waals surface area contributed by atoms with Gasteiger partial charge in [0.15, 0.2) is 6.17 Å². The Labute approximate surface area is 159 Å². The van der Waals surface area contributed by atoms with Gasteiger partial charge in [0.2, 0.25) is 0 Å². The van der Waals surface area contributed by atoms with Crippen LogP contribution in [0.15, 0.2) is 48.7 Å². The monoisotopic (exact) mass is 372 g/mol. The summed E-state index contributed by atoms with van der Waals surface area (Å²) in [6.45, 7) is 7.10. The number of hydrogen-bond acceptors (Lipinski definition) is 2. The number of pyridine rings is 1. The molecule has 0 spiro atoms. The summed E-state index contributed by atoms with van der Waals surface area (Å²) < 4.78 is 2.25. The van der Waals surface area contributed by atoms with Crippen molar-refractivity contribution >= 4 is 11.4 Å². The molecule has 1 aromatic heterocycles. The van der Waals surface area contributed by atoms with E-state index in [1.165, 1.54) is 23.2 Å². The molecule has 2 aromatic rings. The average molecular weight is 372 g/mol. The number of fused-ring (bicyclic) bond motifs is 1. The van der Waals surface area contributed by atoms with E-state index < -0.39 is 0 Å². The molecule has 22 heavy (non-hydrogen) atoms. The summed E-state index contributed by atoms with van der Waals surface area (Å²) in [5.41, 5.74) is 3.80. The third-order valence-corrected chi connectivity index (χ3v) is 3.68. The van der Waals surface area contributed by atoms with Gasteiger partial charge in [-0.05, 0) is 31.2 Å². The summed E-state index contributed by atoms with van der Waals surface area (Å²) >= 11 is 0. The van der Waals surface area contributed by atoms with Crippen LogP contribution in [0.2, 0.25) is 0 Å². The predicted octanol–water partition coefficient (Wildman–Crippen LogP) is 3.44. The van der Waals surface area contributed by atoms with Gasteiger partial charge in [-0.15, -0.1) is 0 Å². The van der Waals surface area contributed by atoms with Crippen LogP contribution in [-0.2, 0) is 39.3 Å². The first-order valence-corrected chi connectivity index (χ1v) is 7.55. The van der Waals surface area contributed by atoms with Crippen LogP contribution >= 0.6 is 0 Å². The summed E-state index contributed by atoms with van der Waals surface area (Å²) in [5, 5.41) is 0. The summed E-state index contributed by atoms with van der Waals surface area (Å²) in [6.07, 6.45) is 3.38. The Morgan fingerprint density at radius 3 is 2.23 bits per heavy atom. The Balaban J connectivity index is 0.000000775. The normalized spacial score (nSPS) is 12.0. The van der Waals surface area contributed by atoms with Gasteiger partial charge in [-0.1, -0.05) is 32.0 Å². The number of rotatable bonds is 2. The second kappa shape index (κ2) is 8.54. The molecule has 1 aliphatic rings. The van der Waals surface area contributed by atoms with Crippen molar-refractivity contribution in [1.29, 1.82) is 0 Å². The van der Waals surface area contributed by atoms with Crippen molar-refractivity contribution in [2.45, 2.75) is 27.3 Å². The van der Waals surface area contributed by atoms with Gasteiger partial charge >= 0.3 is 0 Å². The van der Waals surface area contributed by atoms with Gasteiger partial charge in [0.05, 0.1) is 12.7 Å². The molecule has 3 nitrogen and oxygen atoms in total. The Morgan fingerprint density at radius 2 is 1.68 bits per heavy atom. The van der Waals surface area contributed by atoms with Crippen LogP contribution in [0.5, 0.6) is 0 Å². The Hall–Kier alpha value is -1.06. The number of aromatic nitrogens is 1. The first-order valence-electron chi connectivity index (χ1n) is 7.55. The van der Waals surface area contributed by atoms with Crippen molar-refractivity contribution in [2.24, 2.45) is 0 Å². The third kappa shape index (κ3) is 3.82. The van der Waals surface area contributed by atoms with Gasteiger partial charge in [-0.25, -0.2) is 0 Å². The van der Waals surface area contributed by atoms with Crippen LogP contribution in [0.3, 0.4) is 0 Å². The van der Waals surface area contributed by atoms with Crippen molar-refractivity contribution < 1.29 is 37.3 Å². The molecule has 1 aromatic carbocycles. The van der Waals surface area contributed by atoms with Gasteiger partial charge in [0, 0.05) is 58.2 Å². The van der Waals surface area contributed by atoms with Gasteiger partial charge in [0.1, 0.15) is 5.69 Å². The van der Waals surface area contributed by atoms with E-state index in [1.54, 1.807) is 0 Å². The first-order chi connectivity index (χ1) is 10.2. The van der Waals surface area contributed by atoms with E-state index in [4.69, 9.17) is 0 Å². The van der Waals surface area contributed by atoms with Gasteiger partial charge in [-0.3, -0.25) is 0 Å². The predicted molar refractivity (Wildman–Crippen MR) is 89.3 cm³/mol. The SMILES string of the molecule is CC.C[C-]1N(c2ccc(N(C)C)cc2)Cc2cccc[n+]21.[Y]. The van der Waals surface area contributed by atoms with Crippen molar-refractivity contribution in [2.75, 3.05) is 23.9 Å². The van der Waals surface area contributed by atoms with E-state index >= 15 is 0 Å². The average Bonchev–Trinajstić information content (AvgIpc) is 2.87. The zero-order valence-electron chi connectivity index (χ0n) is 14.2. The largest absolute Gasteiger partial charge is 0.378 e. The van der Waals surface area contributed by atoms with Crippen LogP contribution in [0.1, 0.15) is 26.5 Å². The molecule has 0 saturated heterocycles. The van der Waals surface area contributed by atoms with Crippen molar-refractivity contribution in [3.05, 3.63) is 60.5 Å². The molecule has 4 heteroatoms. The molecule has 1 aliphatic heterocycles. The zero-order chi connectivity index (χ0) is 15.4. The number of anilines is 2. The second-order valence-electron chi connectivity index (χ2n) is 5.11. The molecule has 115 valence electrons. The van der Waals surface area contributed by atoms with Crippen molar-refractivity contribution in [3.63, 3.8) is 0 Å². The number of nitrogens with zero attached hydrogens (tertiary/aromatic N) is 3. The quantitative estimate of drug-likeness (QED) is 0.591. The zero-order valence-corrected chi connectivity index (χ0v) is 17.1. The third-order valence-electron chi connectivity index (χ3n) is 3.68. The molecule has 0 unspecified atom stereocenters. The molecular formula is C18H25N3Y. The van der Waals surface area contributed by atoms with E-state index in [0.717, 1.165) is 6.54 Å². The van der Waals surface area contributed by atoms with Gasteiger partial charge < -0.3 is 14.4 Å². The molecule has 0 saturated carbocycles. The van der Waals surface area contributed by atoms with E-state index in [-0.39, 0.29) is 32.7 Å². The van der Waals surface area contributed by atoms with Crippen molar-refractivity contribution in [1.82, 2.24) is 0 Å². The Kier molecular flexibility index (Phi) is 7.38. The molecule has 0 fully saturated rings. The fraction of sp³-hybridized carbons (Fsp3) is 0.333. The van der Waals surface area contributed by atoms with Crippen molar-refractivity contribution in [3.8, 4) is 0 Å². The molecule has 0 bridgehead atoms. The van der Waals surface area contributed by atoms with E-state index in [0.29, 0.717) is 0 Å². The van der Waals surface area contributed by atoms with Gasteiger partial charge in [0.25, 0.3) is 0 Å². The van der Waals surface area contributed by atoms with E-state index in [1.807, 2.05) is 13.8 Å². The maximum Gasteiger partial charge on any atom is 0.154 e. The number of hydrogen-bond donors (Lipinski definition) is 0. The minimum Gasteiger partial charge on any atom is -0.378 e. The van der Waals surface area contributed by atoms with Crippen LogP contribution in [-0.4, -0.2) is 14.1 Å². The summed E-state index contributed by atoms with van der Waals surface area (Å²) in [7, 11) is 4.13. The summed E-state index contributed by atoms with van der Waals surface area (Å²) in [5.74, 6) is 0. The van der Waals surface area contributed by atoms with Crippen LogP contribution in [0.25, 0.3) is 0 Å². The Morgan fingerprint density at radius 1 is 1.05 bits per heavy atom. The first kappa shape index (κ1) is 19.0.